The number of carbonyl (C=O) groups is 1. The SMILES string of the molecule is CN1C(=O)OCC1(C)C(C)(C)C. The molecule has 1 amide bonds. The highest BCUT2D eigenvalue weighted by atomic mass is 16.6. The number of likely N-dealkylation sites (N-methyl/N-ethyl adjacent to an activating group) is 1. The van der Waals surface area contributed by atoms with Gasteiger partial charge in [-0.15, -0.1) is 0 Å². The van der Waals surface area contributed by atoms with Gasteiger partial charge < -0.3 is 9.64 Å². The van der Waals surface area contributed by atoms with Gasteiger partial charge in [-0.05, 0) is 12.3 Å². The summed E-state index contributed by atoms with van der Waals surface area (Å²) in [6.07, 6.45) is -0.215. The molecule has 1 rings (SSSR count). The average Bonchev–Trinajstić information content (AvgIpc) is 2.16. The molecule has 0 aliphatic carbocycles. The zero-order valence-corrected chi connectivity index (χ0v) is 8.47. The summed E-state index contributed by atoms with van der Waals surface area (Å²) < 4.78 is 4.99. The molecule has 70 valence electrons. The Labute approximate surface area is 73.7 Å². The Morgan fingerprint density at radius 3 is 2.17 bits per heavy atom. The predicted octanol–water partition coefficient (Wildman–Crippen LogP) is 1.87. The summed E-state index contributed by atoms with van der Waals surface area (Å²) in [5.41, 5.74) is -0.127. The molecule has 12 heavy (non-hydrogen) atoms. The molecule has 3 nitrogen and oxygen atoms in total. The van der Waals surface area contributed by atoms with Crippen molar-refractivity contribution in [3.05, 3.63) is 0 Å². The lowest BCUT2D eigenvalue weighted by Crippen LogP contribution is -2.51. The van der Waals surface area contributed by atoms with E-state index in [0.717, 1.165) is 0 Å². The molecule has 1 heterocycles. The lowest BCUT2D eigenvalue weighted by molar-refractivity contribution is 0.0831. The van der Waals surface area contributed by atoms with Gasteiger partial charge in [0.1, 0.15) is 6.61 Å². The molecule has 3 heteroatoms. The van der Waals surface area contributed by atoms with E-state index in [1.165, 1.54) is 0 Å². The smallest absolute Gasteiger partial charge is 0.410 e. The van der Waals surface area contributed by atoms with Crippen LogP contribution in [0.5, 0.6) is 0 Å². The summed E-state index contributed by atoms with van der Waals surface area (Å²) in [5, 5.41) is 0. The van der Waals surface area contributed by atoms with E-state index < -0.39 is 0 Å². The van der Waals surface area contributed by atoms with Gasteiger partial charge >= 0.3 is 6.09 Å². The molecule has 1 unspecified atom stereocenters. The second kappa shape index (κ2) is 2.38. The molecule has 0 N–H and O–H groups in total. The van der Waals surface area contributed by atoms with Crippen molar-refractivity contribution in [3.8, 4) is 0 Å². The van der Waals surface area contributed by atoms with E-state index in [0.29, 0.717) is 6.61 Å². The lowest BCUT2D eigenvalue weighted by Gasteiger charge is -2.41. The minimum Gasteiger partial charge on any atom is -0.447 e. The molecule has 1 aliphatic rings. The molecule has 0 bridgehead atoms. The van der Waals surface area contributed by atoms with Gasteiger partial charge in [-0.25, -0.2) is 4.79 Å². The van der Waals surface area contributed by atoms with E-state index in [2.05, 4.69) is 27.7 Å². The average molecular weight is 171 g/mol. The van der Waals surface area contributed by atoms with Gasteiger partial charge in [-0.3, -0.25) is 0 Å². The van der Waals surface area contributed by atoms with E-state index in [-0.39, 0.29) is 17.0 Å². The van der Waals surface area contributed by atoms with Gasteiger partial charge in [0.25, 0.3) is 0 Å². The topological polar surface area (TPSA) is 29.5 Å². The second-order valence-electron chi connectivity index (χ2n) is 4.64. The minimum atomic E-state index is -0.215. The van der Waals surface area contributed by atoms with Gasteiger partial charge in [0, 0.05) is 7.05 Å². The van der Waals surface area contributed by atoms with Crippen molar-refractivity contribution in [2.24, 2.45) is 5.41 Å². The fraction of sp³-hybridized carbons (Fsp3) is 0.889. The van der Waals surface area contributed by atoms with Crippen molar-refractivity contribution in [3.63, 3.8) is 0 Å². The molecule has 1 saturated heterocycles. The van der Waals surface area contributed by atoms with Crippen LogP contribution in [0.2, 0.25) is 0 Å². The fourth-order valence-corrected chi connectivity index (χ4v) is 1.32. The lowest BCUT2D eigenvalue weighted by atomic mass is 9.75. The Kier molecular flexibility index (Phi) is 1.85. The molecule has 0 aromatic carbocycles. The Bertz CT molecular complexity index is 207. The molecule has 0 aromatic heterocycles. The monoisotopic (exact) mass is 171 g/mol. The zero-order valence-electron chi connectivity index (χ0n) is 8.47. The van der Waals surface area contributed by atoms with Crippen molar-refractivity contribution in [2.45, 2.75) is 33.2 Å². The normalized spacial score (nSPS) is 30.8. The number of carbonyl (C=O) groups excluding carboxylic acids is 1. The van der Waals surface area contributed by atoms with Gasteiger partial charge in [-0.1, -0.05) is 20.8 Å². The zero-order chi connectivity index (χ0) is 9.57. The molecular formula is C9H17NO2. The standard InChI is InChI=1S/C9H17NO2/c1-8(2,3)9(4)6-12-7(11)10(9)5/h6H2,1-5H3. The Hall–Kier alpha value is -0.730. The van der Waals surface area contributed by atoms with Crippen LogP contribution in [-0.4, -0.2) is 30.2 Å². The van der Waals surface area contributed by atoms with Crippen LogP contribution < -0.4 is 0 Å². The third-order valence-corrected chi connectivity index (χ3v) is 3.11. The number of hydrogen-bond donors (Lipinski definition) is 0. The molecule has 0 spiro atoms. The molecule has 1 atom stereocenters. The van der Waals surface area contributed by atoms with Gasteiger partial charge in [-0.2, -0.15) is 0 Å². The highest BCUT2D eigenvalue weighted by molar-refractivity contribution is 5.70. The molecule has 0 radical (unpaired) electrons. The predicted molar refractivity (Wildman–Crippen MR) is 47.0 cm³/mol. The highest BCUT2D eigenvalue weighted by Crippen LogP contribution is 2.38. The van der Waals surface area contributed by atoms with Crippen LogP contribution in [0.4, 0.5) is 4.79 Å². The summed E-state index contributed by atoms with van der Waals surface area (Å²) in [6, 6.07) is 0. The number of hydrogen-bond acceptors (Lipinski definition) is 2. The van der Waals surface area contributed by atoms with Crippen LogP contribution >= 0.6 is 0 Å². The van der Waals surface area contributed by atoms with Gasteiger partial charge in [0.15, 0.2) is 0 Å². The summed E-state index contributed by atoms with van der Waals surface area (Å²) in [6.45, 7) is 8.89. The van der Waals surface area contributed by atoms with Crippen LogP contribution in [0.3, 0.4) is 0 Å². The Morgan fingerprint density at radius 1 is 1.50 bits per heavy atom. The number of amides is 1. The first-order valence-electron chi connectivity index (χ1n) is 4.19. The van der Waals surface area contributed by atoms with Crippen LogP contribution in [0.25, 0.3) is 0 Å². The van der Waals surface area contributed by atoms with Crippen molar-refractivity contribution in [2.75, 3.05) is 13.7 Å². The van der Waals surface area contributed by atoms with E-state index >= 15 is 0 Å². The molecule has 1 fully saturated rings. The largest absolute Gasteiger partial charge is 0.447 e. The van der Waals surface area contributed by atoms with E-state index in [4.69, 9.17) is 4.74 Å². The first kappa shape index (κ1) is 9.36. The van der Waals surface area contributed by atoms with Gasteiger partial charge in [0.2, 0.25) is 0 Å². The highest BCUT2D eigenvalue weighted by Gasteiger charge is 2.49. The summed E-state index contributed by atoms with van der Waals surface area (Å²) in [4.78, 5) is 12.8. The van der Waals surface area contributed by atoms with Crippen molar-refractivity contribution in [1.82, 2.24) is 4.90 Å². The third-order valence-electron chi connectivity index (χ3n) is 3.11. The number of nitrogens with zero attached hydrogens (tertiary/aromatic N) is 1. The van der Waals surface area contributed by atoms with Crippen LogP contribution in [0, 0.1) is 5.41 Å². The maximum Gasteiger partial charge on any atom is 0.410 e. The fourth-order valence-electron chi connectivity index (χ4n) is 1.32. The van der Waals surface area contributed by atoms with Crippen molar-refractivity contribution < 1.29 is 9.53 Å². The molecule has 0 aromatic rings. The number of ether oxygens (including phenoxy) is 1. The third kappa shape index (κ3) is 1.08. The van der Waals surface area contributed by atoms with E-state index in [9.17, 15) is 4.79 Å². The summed E-state index contributed by atoms with van der Waals surface area (Å²) >= 11 is 0. The Morgan fingerprint density at radius 2 is 2.00 bits per heavy atom. The van der Waals surface area contributed by atoms with E-state index in [1.54, 1.807) is 11.9 Å². The van der Waals surface area contributed by atoms with E-state index in [1.807, 2.05) is 0 Å². The molecule has 0 saturated carbocycles. The molecular weight excluding hydrogens is 154 g/mol. The maximum absolute atomic E-state index is 11.1. The van der Waals surface area contributed by atoms with Crippen LogP contribution in [-0.2, 0) is 4.74 Å². The first-order valence-corrected chi connectivity index (χ1v) is 4.19. The first-order chi connectivity index (χ1) is 5.29. The summed E-state index contributed by atoms with van der Waals surface area (Å²) in [7, 11) is 1.79. The molecule has 1 aliphatic heterocycles. The van der Waals surface area contributed by atoms with Crippen LogP contribution in [0.15, 0.2) is 0 Å². The minimum absolute atomic E-state index is 0.0495. The summed E-state index contributed by atoms with van der Waals surface area (Å²) in [5.74, 6) is 0. The Balaban J connectivity index is 2.94. The quantitative estimate of drug-likeness (QED) is 0.557. The van der Waals surface area contributed by atoms with Crippen LogP contribution in [0.1, 0.15) is 27.7 Å². The second-order valence-corrected chi connectivity index (χ2v) is 4.64. The number of cyclic esters (lactones) is 1. The maximum atomic E-state index is 11.1. The number of rotatable bonds is 0. The van der Waals surface area contributed by atoms with Gasteiger partial charge in [0.05, 0.1) is 5.54 Å². The van der Waals surface area contributed by atoms with Crippen molar-refractivity contribution >= 4 is 6.09 Å². The van der Waals surface area contributed by atoms with Crippen molar-refractivity contribution in [1.29, 1.82) is 0 Å².